The molecule has 2 rings (SSSR count). The molecule has 0 aliphatic rings. The van der Waals surface area contributed by atoms with E-state index in [1.807, 2.05) is 0 Å². The first kappa shape index (κ1) is 25.0. The van der Waals surface area contributed by atoms with Crippen molar-refractivity contribution in [1.29, 1.82) is 0 Å². The van der Waals surface area contributed by atoms with Crippen molar-refractivity contribution in [3.8, 4) is 0 Å². The van der Waals surface area contributed by atoms with Gasteiger partial charge in [0.1, 0.15) is 0 Å². The van der Waals surface area contributed by atoms with Crippen molar-refractivity contribution in [3.05, 3.63) is 53.6 Å². The van der Waals surface area contributed by atoms with Crippen molar-refractivity contribution < 1.29 is 21.6 Å². The van der Waals surface area contributed by atoms with E-state index in [2.05, 4.69) is 5.32 Å². The Morgan fingerprint density at radius 2 is 1.48 bits per heavy atom. The fourth-order valence-corrected chi connectivity index (χ4v) is 5.79. The van der Waals surface area contributed by atoms with Gasteiger partial charge >= 0.3 is 0 Å². The quantitative estimate of drug-likeness (QED) is 0.610. The molecular formula is C21H29N3O5S2. The molecule has 1 amide bonds. The van der Waals surface area contributed by atoms with Crippen LogP contribution in [-0.2, 0) is 24.8 Å². The standard InChI is InChI=1S/C21H29N3O5S2/c1-6-24(7-2)31(28,29)19-13-16(3)17(4)20(14-19)22-21(25)15-23(5)30(26,27)18-11-9-8-10-12-18/h8-14H,6-7,15H2,1-5H3,(H,22,25). The van der Waals surface area contributed by atoms with E-state index in [0.717, 1.165) is 4.31 Å². The number of benzene rings is 2. The van der Waals surface area contributed by atoms with Gasteiger partial charge in [0.05, 0.1) is 16.3 Å². The molecule has 8 nitrogen and oxygen atoms in total. The molecule has 0 aliphatic heterocycles. The first-order valence-corrected chi connectivity index (χ1v) is 12.8. The molecule has 0 atom stereocenters. The SMILES string of the molecule is CCN(CC)S(=O)(=O)c1cc(C)c(C)c(NC(=O)CN(C)S(=O)(=O)c2ccccc2)c1. The average molecular weight is 468 g/mol. The van der Waals surface area contributed by atoms with Gasteiger partial charge in [-0.1, -0.05) is 32.0 Å². The second kappa shape index (κ2) is 9.90. The molecule has 2 aromatic carbocycles. The number of amides is 1. The number of hydrogen-bond donors (Lipinski definition) is 1. The van der Waals surface area contributed by atoms with E-state index in [4.69, 9.17) is 0 Å². The van der Waals surface area contributed by atoms with Crippen LogP contribution in [0.3, 0.4) is 0 Å². The minimum absolute atomic E-state index is 0.0832. The molecule has 0 unspecified atom stereocenters. The van der Waals surface area contributed by atoms with Crippen LogP contribution in [0.2, 0.25) is 0 Å². The maximum Gasteiger partial charge on any atom is 0.243 e. The Morgan fingerprint density at radius 1 is 0.903 bits per heavy atom. The van der Waals surface area contributed by atoms with E-state index in [1.54, 1.807) is 52.0 Å². The third-order valence-corrected chi connectivity index (χ3v) is 8.92. The van der Waals surface area contributed by atoms with Crippen molar-refractivity contribution in [1.82, 2.24) is 8.61 Å². The van der Waals surface area contributed by atoms with Crippen molar-refractivity contribution in [2.75, 3.05) is 32.0 Å². The topological polar surface area (TPSA) is 104 Å². The number of likely N-dealkylation sites (N-methyl/N-ethyl adjacent to an activating group) is 1. The van der Waals surface area contributed by atoms with Crippen LogP contribution in [0.5, 0.6) is 0 Å². The van der Waals surface area contributed by atoms with E-state index in [9.17, 15) is 21.6 Å². The molecule has 2 aromatic rings. The normalized spacial score (nSPS) is 12.4. The Morgan fingerprint density at radius 3 is 2.03 bits per heavy atom. The summed E-state index contributed by atoms with van der Waals surface area (Å²) in [5.74, 6) is -0.568. The van der Waals surface area contributed by atoms with Crippen LogP contribution in [0.25, 0.3) is 0 Å². The first-order chi connectivity index (χ1) is 14.4. The van der Waals surface area contributed by atoms with Gasteiger partial charge in [0, 0.05) is 25.8 Å². The number of nitrogens with one attached hydrogen (secondary N) is 1. The number of nitrogens with zero attached hydrogens (tertiary/aromatic N) is 2. The third kappa shape index (κ3) is 5.51. The van der Waals surface area contributed by atoms with Crippen molar-refractivity contribution >= 4 is 31.6 Å². The monoisotopic (exact) mass is 467 g/mol. The van der Waals surface area contributed by atoms with Gasteiger partial charge in [-0.05, 0) is 49.2 Å². The summed E-state index contributed by atoms with van der Waals surface area (Å²) in [6.07, 6.45) is 0. The summed E-state index contributed by atoms with van der Waals surface area (Å²) in [4.78, 5) is 12.8. The van der Waals surface area contributed by atoms with Crippen LogP contribution in [0.1, 0.15) is 25.0 Å². The Bertz CT molecular complexity index is 1140. The maximum absolute atomic E-state index is 12.9. The van der Waals surface area contributed by atoms with Crippen molar-refractivity contribution in [2.24, 2.45) is 0 Å². The number of sulfonamides is 2. The zero-order valence-corrected chi connectivity index (χ0v) is 20.0. The highest BCUT2D eigenvalue weighted by Crippen LogP contribution is 2.26. The zero-order chi connectivity index (χ0) is 23.4. The van der Waals surface area contributed by atoms with E-state index in [1.165, 1.54) is 29.6 Å². The summed E-state index contributed by atoms with van der Waals surface area (Å²) in [6.45, 7) is 7.29. The van der Waals surface area contributed by atoms with E-state index < -0.39 is 32.5 Å². The van der Waals surface area contributed by atoms with Crippen LogP contribution in [-0.4, -0.2) is 58.0 Å². The Labute approximate surface area is 185 Å². The predicted octanol–water partition coefficient (Wildman–Crippen LogP) is 2.59. The van der Waals surface area contributed by atoms with Gasteiger partial charge in [-0.3, -0.25) is 4.79 Å². The van der Waals surface area contributed by atoms with Crippen LogP contribution >= 0.6 is 0 Å². The highest BCUT2D eigenvalue weighted by atomic mass is 32.2. The molecule has 1 N–H and O–H groups in total. The van der Waals surface area contributed by atoms with Gasteiger partial charge in [0.25, 0.3) is 0 Å². The van der Waals surface area contributed by atoms with Crippen molar-refractivity contribution in [3.63, 3.8) is 0 Å². The van der Waals surface area contributed by atoms with Gasteiger partial charge in [-0.25, -0.2) is 16.8 Å². The predicted molar refractivity (Wildman–Crippen MR) is 121 cm³/mol. The number of anilines is 1. The highest BCUT2D eigenvalue weighted by molar-refractivity contribution is 7.89. The molecule has 0 bridgehead atoms. The Hall–Kier alpha value is -2.27. The molecule has 170 valence electrons. The van der Waals surface area contributed by atoms with Gasteiger partial charge < -0.3 is 5.32 Å². The fourth-order valence-electron chi connectivity index (χ4n) is 3.07. The van der Waals surface area contributed by atoms with Gasteiger partial charge in [0.15, 0.2) is 0 Å². The van der Waals surface area contributed by atoms with Crippen LogP contribution in [0.15, 0.2) is 52.3 Å². The smallest absolute Gasteiger partial charge is 0.243 e. The molecule has 0 spiro atoms. The molecule has 0 aromatic heterocycles. The molecule has 10 heteroatoms. The zero-order valence-electron chi connectivity index (χ0n) is 18.4. The van der Waals surface area contributed by atoms with Crippen LogP contribution in [0, 0.1) is 13.8 Å². The van der Waals surface area contributed by atoms with Crippen LogP contribution in [0.4, 0.5) is 5.69 Å². The van der Waals surface area contributed by atoms with E-state index >= 15 is 0 Å². The van der Waals surface area contributed by atoms with E-state index in [-0.39, 0.29) is 9.79 Å². The summed E-state index contributed by atoms with van der Waals surface area (Å²) in [5.41, 5.74) is 1.75. The first-order valence-electron chi connectivity index (χ1n) is 9.87. The minimum Gasteiger partial charge on any atom is -0.325 e. The average Bonchev–Trinajstić information content (AvgIpc) is 2.72. The molecule has 0 radical (unpaired) electrons. The van der Waals surface area contributed by atoms with Gasteiger partial charge in [-0.15, -0.1) is 0 Å². The molecule has 0 saturated carbocycles. The molecule has 0 fully saturated rings. The molecular weight excluding hydrogens is 438 g/mol. The van der Waals surface area contributed by atoms with Crippen LogP contribution < -0.4 is 5.32 Å². The number of carbonyl (C=O) groups is 1. The summed E-state index contributed by atoms with van der Waals surface area (Å²) < 4.78 is 53.3. The van der Waals surface area contributed by atoms with Crippen molar-refractivity contribution in [2.45, 2.75) is 37.5 Å². The number of carbonyl (C=O) groups excluding carboxylic acids is 1. The lowest BCUT2D eigenvalue weighted by molar-refractivity contribution is -0.116. The number of aryl methyl sites for hydroxylation is 1. The maximum atomic E-state index is 12.9. The second-order valence-corrected chi connectivity index (χ2v) is 11.1. The summed E-state index contributed by atoms with van der Waals surface area (Å²) >= 11 is 0. The lowest BCUT2D eigenvalue weighted by atomic mass is 10.1. The third-order valence-electron chi connectivity index (χ3n) is 5.08. The van der Waals surface area contributed by atoms with Gasteiger partial charge in [-0.2, -0.15) is 8.61 Å². The summed E-state index contributed by atoms with van der Waals surface area (Å²) in [5, 5.41) is 2.66. The largest absolute Gasteiger partial charge is 0.325 e. The Balaban J connectivity index is 2.28. The fraction of sp³-hybridized carbons (Fsp3) is 0.381. The molecule has 0 saturated heterocycles. The molecule has 0 aliphatic carbocycles. The highest BCUT2D eigenvalue weighted by Gasteiger charge is 2.25. The summed E-state index contributed by atoms with van der Waals surface area (Å²) in [7, 11) is -6.21. The minimum atomic E-state index is -3.82. The molecule has 0 heterocycles. The number of hydrogen-bond acceptors (Lipinski definition) is 5. The second-order valence-electron chi connectivity index (χ2n) is 7.12. The summed E-state index contributed by atoms with van der Waals surface area (Å²) in [6, 6.07) is 10.8. The number of rotatable bonds is 9. The van der Waals surface area contributed by atoms with E-state index in [0.29, 0.717) is 29.9 Å². The lowest BCUT2D eigenvalue weighted by Gasteiger charge is -2.21. The Kier molecular flexibility index (Phi) is 7.98. The lowest BCUT2D eigenvalue weighted by Crippen LogP contribution is -2.35. The molecule has 31 heavy (non-hydrogen) atoms. The van der Waals surface area contributed by atoms with Gasteiger partial charge in [0.2, 0.25) is 26.0 Å².